The zero-order valence-corrected chi connectivity index (χ0v) is 17.6. The standard InChI is InChI=1S/C22H28N4O2S/c1-15(26-12-10-25(11-13-26)14-16-6-3-2-4-7-16)21(28)24-22-19(20(23)27)17-8-5-9-18(17)29-22/h2-4,6-7,15H,5,8-14H2,1H3,(H2,23,27)(H,24,28). The normalized spacial score (nSPS) is 18.4. The number of nitrogens with zero attached hydrogens (tertiary/aromatic N) is 2. The van der Waals surface area contributed by atoms with E-state index in [4.69, 9.17) is 5.73 Å². The van der Waals surface area contributed by atoms with Gasteiger partial charge >= 0.3 is 0 Å². The first-order chi connectivity index (χ1) is 14.0. The summed E-state index contributed by atoms with van der Waals surface area (Å²) in [6.45, 7) is 6.46. The van der Waals surface area contributed by atoms with E-state index in [2.05, 4.69) is 39.4 Å². The molecule has 2 heterocycles. The maximum atomic E-state index is 12.9. The minimum atomic E-state index is -0.443. The van der Waals surface area contributed by atoms with Crippen molar-refractivity contribution in [2.45, 2.75) is 38.8 Å². The quantitative estimate of drug-likeness (QED) is 0.764. The topological polar surface area (TPSA) is 78.7 Å². The van der Waals surface area contributed by atoms with Crippen molar-refractivity contribution >= 4 is 28.2 Å². The van der Waals surface area contributed by atoms with Crippen LogP contribution in [-0.4, -0.2) is 53.8 Å². The van der Waals surface area contributed by atoms with E-state index in [1.165, 1.54) is 21.8 Å². The van der Waals surface area contributed by atoms with Crippen LogP contribution in [0, 0.1) is 0 Å². The number of anilines is 1. The number of carbonyl (C=O) groups excluding carboxylic acids is 2. The molecule has 7 heteroatoms. The van der Waals surface area contributed by atoms with E-state index in [1.807, 2.05) is 13.0 Å². The van der Waals surface area contributed by atoms with Gasteiger partial charge in [0.05, 0.1) is 11.6 Å². The molecule has 0 spiro atoms. The highest BCUT2D eigenvalue weighted by Gasteiger charge is 2.29. The molecule has 1 aliphatic carbocycles. The van der Waals surface area contributed by atoms with E-state index < -0.39 is 5.91 Å². The molecule has 0 radical (unpaired) electrons. The van der Waals surface area contributed by atoms with Crippen molar-refractivity contribution in [3.8, 4) is 0 Å². The Kier molecular flexibility index (Phi) is 5.99. The Balaban J connectivity index is 1.34. The summed E-state index contributed by atoms with van der Waals surface area (Å²) in [5, 5.41) is 3.62. The number of nitrogens with two attached hydrogens (primary N) is 1. The van der Waals surface area contributed by atoms with Gasteiger partial charge in [-0.15, -0.1) is 11.3 Å². The molecule has 2 aliphatic rings. The number of nitrogens with one attached hydrogen (secondary N) is 1. The Morgan fingerprint density at radius 1 is 1.14 bits per heavy atom. The number of piperazine rings is 1. The zero-order valence-electron chi connectivity index (χ0n) is 16.8. The predicted octanol–water partition coefficient (Wildman–Crippen LogP) is 2.48. The lowest BCUT2D eigenvalue weighted by Crippen LogP contribution is -2.52. The van der Waals surface area contributed by atoms with Crippen LogP contribution in [0.4, 0.5) is 5.00 Å². The number of amides is 2. The molecule has 1 atom stereocenters. The van der Waals surface area contributed by atoms with Crippen LogP contribution in [0.1, 0.15) is 39.7 Å². The summed E-state index contributed by atoms with van der Waals surface area (Å²) in [6.07, 6.45) is 2.90. The van der Waals surface area contributed by atoms with Gasteiger partial charge < -0.3 is 11.1 Å². The lowest BCUT2D eigenvalue weighted by atomic mass is 10.1. The molecule has 1 aliphatic heterocycles. The Morgan fingerprint density at radius 2 is 1.86 bits per heavy atom. The SMILES string of the molecule is CC(C(=O)Nc1sc2c(c1C(N)=O)CCC2)N1CCN(Cc2ccccc2)CC1. The van der Waals surface area contributed by atoms with Crippen molar-refractivity contribution in [1.29, 1.82) is 0 Å². The van der Waals surface area contributed by atoms with Crippen molar-refractivity contribution < 1.29 is 9.59 Å². The minimum absolute atomic E-state index is 0.0658. The minimum Gasteiger partial charge on any atom is -0.365 e. The smallest absolute Gasteiger partial charge is 0.251 e. The fourth-order valence-electron chi connectivity index (χ4n) is 4.29. The monoisotopic (exact) mass is 412 g/mol. The number of primary amides is 1. The van der Waals surface area contributed by atoms with E-state index in [9.17, 15) is 9.59 Å². The van der Waals surface area contributed by atoms with Gasteiger partial charge in [0.15, 0.2) is 0 Å². The first-order valence-electron chi connectivity index (χ1n) is 10.3. The molecule has 1 saturated heterocycles. The summed E-state index contributed by atoms with van der Waals surface area (Å²) < 4.78 is 0. The molecule has 0 bridgehead atoms. The number of fused-ring (bicyclic) bond motifs is 1. The highest BCUT2D eigenvalue weighted by atomic mass is 32.1. The number of hydrogen-bond donors (Lipinski definition) is 2. The summed E-state index contributed by atoms with van der Waals surface area (Å²) >= 11 is 1.51. The third kappa shape index (κ3) is 4.37. The van der Waals surface area contributed by atoms with E-state index in [0.29, 0.717) is 10.6 Å². The molecule has 154 valence electrons. The lowest BCUT2D eigenvalue weighted by Gasteiger charge is -2.37. The van der Waals surface area contributed by atoms with Crippen LogP contribution in [0.15, 0.2) is 30.3 Å². The van der Waals surface area contributed by atoms with E-state index in [-0.39, 0.29) is 11.9 Å². The highest BCUT2D eigenvalue weighted by molar-refractivity contribution is 7.17. The molecule has 1 aromatic heterocycles. The average molecular weight is 413 g/mol. The maximum absolute atomic E-state index is 12.9. The third-order valence-electron chi connectivity index (χ3n) is 5.99. The van der Waals surface area contributed by atoms with Crippen LogP contribution >= 0.6 is 11.3 Å². The van der Waals surface area contributed by atoms with Gasteiger partial charge in [0, 0.05) is 37.6 Å². The van der Waals surface area contributed by atoms with Gasteiger partial charge in [0.2, 0.25) is 5.91 Å². The first kappa shape index (κ1) is 20.1. The molecule has 4 rings (SSSR count). The van der Waals surface area contributed by atoms with E-state index >= 15 is 0 Å². The van der Waals surface area contributed by atoms with E-state index in [0.717, 1.165) is 57.5 Å². The Bertz CT molecular complexity index is 888. The molecular weight excluding hydrogens is 384 g/mol. The van der Waals surface area contributed by atoms with Gasteiger partial charge in [-0.2, -0.15) is 0 Å². The van der Waals surface area contributed by atoms with Crippen LogP contribution in [0.5, 0.6) is 0 Å². The number of aryl methyl sites for hydroxylation is 1. The molecular formula is C22H28N4O2S. The second-order valence-electron chi connectivity index (χ2n) is 7.89. The Hall–Kier alpha value is -2.22. The van der Waals surface area contributed by atoms with Gasteiger partial charge in [-0.1, -0.05) is 30.3 Å². The van der Waals surface area contributed by atoms with Crippen LogP contribution in [-0.2, 0) is 24.2 Å². The van der Waals surface area contributed by atoms with Crippen LogP contribution in [0.25, 0.3) is 0 Å². The van der Waals surface area contributed by atoms with Crippen LogP contribution in [0.3, 0.4) is 0 Å². The van der Waals surface area contributed by atoms with Crippen molar-refractivity contribution in [2.75, 3.05) is 31.5 Å². The molecule has 2 aromatic rings. The second kappa shape index (κ2) is 8.65. The molecule has 29 heavy (non-hydrogen) atoms. The Labute approximate surface area is 175 Å². The van der Waals surface area contributed by atoms with Gasteiger partial charge in [0.1, 0.15) is 5.00 Å². The number of hydrogen-bond acceptors (Lipinski definition) is 5. The number of rotatable bonds is 6. The van der Waals surface area contributed by atoms with Gasteiger partial charge in [0.25, 0.3) is 5.91 Å². The molecule has 3 N–H and O–H groups in total. The molecule has 1 fully saturated rings. The number of benzene rings is 1. The summed E-state index contributed by atoms with van der Waals surface area (Å²) in [5.41, 5.74) is 8.49. The van der Waals surface area contributed by atoms with Gasteiger partial charge in [-0.3, -0.25) is 19.4 Å². The second-order valence-corrected chi connectivity index (χ2v) is 8.99. The average Bonchev–Trinajstić information content (AvgIpc) is 3.29. The van der Waals surface area contributed by atoms with Crippen molar-refractivity contribution in [1.82, 2.24) is 9.80 Å². The molecule has 6 nitrogen and oxygen atoms in total. The van der Waals surface area contributed by atoms with Gasteiger partial charge in [-0.25, -0.2) is 0 Å². The summed E-state index contributed by atoms with van der Waals surface area (Å²) in [6, 6.07) is 10.2. The highest BCUT2D eigenvalue weighted by Crippen LogP contribution is 2.38. The molecule has 2 amide bonds. The summed E-state index contributed by atoms with van der Waals surface area (Å²) in [7, 11) is 0. The number of thiophene rings is 1. The summed E-state index contributed by atoms with van der Waals surface area (Å²) in [5.74, 6) is -0.509. The van der Waals surface area contributed by atoms with E-state index in [1.54, 1.807) is 0 Å². The number of carbonyl (C=O) groups is 2. The van der Waals surface area contributed by atoms with Crippen molar-refractivity contribution in [3.63, 3.8) is 0 Å². The Morgan fingerprint density at radius 3 is 2.55 bits per heavy atom. The molecule has 1 unspecified atom stereocenters. The lowest BCUT2D eigenvalue weighted by molar-refractivity contribution is -0.121. The zero-order chi connectivity index (χ0) is 20.4. The molecule has 0 saturated carbocycles. The first-order valence-corrected chi connectivity index (χ1v) is 11.1. The van der Waals surface area contributed by atoms with Crippen molar-refractivity contribution in [3.05, 3.63) is 51.9 Å². The maximum Gasteiger partial charge on any atom is 0.251 e. The predicted molar refractivity (Wildman–Crippen MR) is 116 cm³/mol. The van der Waals surface area contributed by atoms with Gasteiger partial charge in [-0.05, 0) is 37.3 Å². The molecule has 1 aromatic carbocycles. The van der Waals surface area contributed by atoms with Crippen molar-refractivity contribution in [2.24, 2.45) is 5.73 Å². The van der Waals surface area contributed by atoms with Crippen LogP contribution < -0.4 is 11.1 Å². The fraction of sp³-hybridized carbons (Fsp3) is 0.455. The fourth-order valence-corrected chi connectivity index (χ4v) is 5.58. The van der Waals surface area contributed by atoms with Crippen LogP contribution in [0.2, 0.25) is 0 Å². The largest absolute Gasteiger partial charge is 0.365 e. The summed E-state index contributed by atoms with van der Waals surface area (Å²) in [4.78, 5) is 30.6. The third-order valence-corrected chi connectivity index (χ3v) is 7.19.